The maximum absolute atomic E-state index is 12.8. The average molecular weight is 446 g/mol. The van der Waals surface area contributed by atoms with Crippen molar-refractivity contribution in [2.75, 3.05) is 49.7 Å². The number of rotatable bonds is 7. The fraction of sp³-hybridized carbons (Fsp3) is 0.400. The summed E-state index contributed by atoms with van der Waals surface area (Å²) in [4.78, 5) is 44.0. The summed E-state index contributed by atoms with van der Waals surface area (Å²) < 4.78 is 16.0. The number of hydrogen-bond acceptors (Lipinski definition) is 8. The number of esters is 1. The molecular formula is C20H22N4O6S. The van der Waals surface area contributed by atoms with E-state index in [-0.39, 0.29) is 30.9 Å². The maximum Gasteiger partial charge on any atom is 0.325 e. The van der Waals surface area contributed by atoms with Crippen LogP contribution in [0.3, 0.4) is 0 Å². The van der Waals surface area contributed by atoms with Gasteiger partial charge in [-0.25, -0.2) is 9.78 Å². The molecule has 2 aliphatic rings. The van der Waals surface area contributed by atoms with Crippen molar-refractivity contribution in [3.8, 4) is 11.5 Å². The minimum atomic E-state index is -0.368. The molecule has 0 spiro atoms. The molecule has 0 radical (unpaired) electrons. The number of fused-ring (bicyclic) bond motifs is 1. The first-order valence-corrected chi connectivity index (χ1v) is 10.8. The second kappa shape index (κ2) is 9.21. The van der Waals surface area contributed by atoms with Crippen LogP contribution in [0.5, 0.6) is 11.5 Å². The SMILES string of the molecule is CCOC(=O)Cc1csc(NC(=O)CN2CCN(c3ccc4c(c3)OCCO4)C2=O)n1. The van der Waals surface area contributed by atoms with Crippen LogP contribution in [0, 0.1) is 0 Å². The summed E-state index contributed by atoms with van der Waals surface area (Å²) in [7, 11) is 0. The molecule has 0 saturated carbocycles. The fourth-order valence-corrected chi connectivity index (χ4v) is 4.03. The van der Waals surface area contributed by atoms with E-state index in [1.54, 1.807) is 35.4 Å². The van der Waals surface area contributed by atoms with Gasteiger partial charge in [-0.1, -0.05) is 0 Å². The number of benzene rings is 1. The standard InChI is InChI=1S/C20H22N4O6S/c1-2-28-18(26)9-13-12-31-19(21-13)22-17(25)11-23-5-6-24(20(23)27)14-3-4-15-16(10-14)30-8-7-29-15/h3-4,10,12H,2,5-9,11H2,1H3,(H,21,22,25). The lowest BCUT2D eigenvalue weighted by Crippen LogP contribution is -2.37. The lowest BCUT2D eigenvalue weighted by atomic mass is 10.2. The van der Waals surface area contributed by atoms with Crippen LogP contribution < -0.4 is 19.7 Å². The Kier molecular flexibility index (Phi) is 6.21. The van der Waals surface area contributed by atoms with Crippen LogP contribution in [0.4, 0.5) is 15.6 Å². The Balaban J connectivity index is 1.32. The molecule has 3 heterocycles. The van der Waals surface area contributed by atoms with Gasteiger partial charge in [0.1, 0.15) is 19.8 Å². The molecule has 1 fully saturated rings. The molecule has 1 aromatic heterocycles. The Labute approximate surface area is 182 Å². The first-order chi connectivity index (χ1) is 15.0. The van der Waals surface area contributed by atoms with Gasteiger partial charge in [-0.05, 0) is 19.1 Å². The van der Waals surface area contributed by atoms with Gasteiger partial charge in [0, 0.05) is 30.2 Å². The van der Waals surface area contributed by atoms with E-state index in [0.29, 0.717) is 60.9 Å². The molecular weight excluding hydrogens is 424 g/mol. The van der Waals surface area contributed by atoms with Crippen LogP contribution in [0.25, 0.3) is 0 Å². The minimum absolute atomic E-state index is 0.0509. The molecule has 10 nitrogen and oxygen atoms in total. The molecule has 0 aliphatic carbocycles. The highest BCUT2D eigenvalue weighted by Crippen LogP contribution is 2.35. The predicted octanol–water partition coefficient (Wildman–Crippen LogP) is 1.90. The van der Waals surface area contributed by atoms with Gasteiger partial charge in [0.05, 0.1) is 18.7 Å². The highest BCUT2D eigenvalue weighted by atomic mass is 32.1. The van der Waals surface area contributed by atoms with E-state index in [1.807, 2.05) is 0 Å². The molecule has 0 atom stereocenters. The summed E-state index contributed by atoms with van der Waals surface area (Å²) in [6.07, 6.45) is 0.0509. The topological polar surface area (TPSA) is 110 Å². The molecule has 164 valence electrons. The van der Waals surface area contributed by atoms with Crippen molar-refractivity contribution in [3.05, 3.63) is 29.3 Å². The van der Waals surface area contributed by atoms with E-state index >= 15 is 0 Å². The zero-order chi connectivity index (χ0) is 21.8. The number of urea groups is 1. The number of nitrogens with zero attached hydrogens (tertiary/aromatic N) is 3. The minimum Gasteiger partial charge on any atom is -0.486 e. The van der Waals surface area contributed by atoms with E-state index < -0.39 is 0 Å². The van der Waals surface area contributed by atoms with Crippen molar-refractivity contribution in [2.24, 2.45) is 0 Å². The summed E-state index contributed by atoms with van der Waals surface area (Å²) >= 11 is 1.22. The van der Waals surface area contributed by atoms with Gasteiger partial charge in [-0.2, -0.15) is 0 Å². The largest absolute Gasteiger partial charge is 0.486 e. The van der Waals surface area contributed by atoms with Crippen LogP contribution in [0.15, 0.2) is 23.6 Å². The normalized spacial score (nSPS) is 15.2. The van der Waals surface area contributed by atoms with Crippen LogP contribution in [0.2, 0.25) is 0 Å². The van der Waals surface area contributed by atoms with Gasteiger partial charge in [-0.15, -0.1) is 11.3 Å². The summed E-state index contributed by atoms with van der Waals surface area (Å²) in [5.41, 5.74) is 1.22. The molecule has 1 aromatic carbocycles. The van der Waals surface area contributed by atoms with Crippen molar-refractivity contribution < 1.29 is 28.6 Å². The molecule has 1 saturated heterocycles. The number of thiazole rings is 1. The van der Waals surface area contributed by atoms with E-state index in [9.17, 15) is 14.4 Å². The number of anilines is 2. The molecule has 3 amide bonds. The molecule has 0 unspecified atom stereocenters. The van der Waals surface area contributed by atoms with Crippen LogP contribution in [-0.4, -0.2) is 67.2 Å². The zero-order valence-corrected chi connectivity index (χ0v) is 17.8. The van der Waals surface area contributed by atoms with E-state index in [0.717, 1.165) is 0 Å². The third kappa shape index (κ3) is 4.88. The summed E-state index contributed by atoms with van der Waals surface area (Å²) in [6.45, 7) is 3.81. The van der Waals surface area contributed by atoms with Gasteiger partial charge in [-0.3, -0.25) is 14.5 Å². The van der Waals surface area contributed by atoms with Gasteiger partial charge in [0.15, 0.2) is 16.6 Å². The van der Waals surface area contributed by atoms with E-state index in [1.165, 1.54) is 16.2 Å². The van der Waals surface area contributed by atoms with E-state index in [2.05, 4.69) is 10.3 Å². The number of carbonyl (C=O) groups excluding carboxylic acids is 3. The number of aromatic nitrogens is 1. The molecule has 11 heteroatoms. The Morgan fingerprint density at radius 3 is 2.84 bits per heavy atom. The maximum atomic E-state index is 12.8. The number of hydrogen-bond donors (Lipinski definition) is 1. The van der Waals surface area contributed by atoms with Gasteiger partial charge < -0.3 is 24.4 Å². The first kappa shape index (κ1) is 20.9. The summed E-state index contributed by atoms with van der Waals surface area (Å²) in [5.74, 6) is 0.542. The lowest BCUT2D eigenvalue weighted by molar-refractivity contribution is -0.142. The Bertz CT molecular complexity index is 994. The number of amides is 3. The van der Waals surface area contributed by atoms with Crippen molar-refractivity contribution >= 4 is 40.1 Å². The summed E-state index contributed by atoms with van der Waals surface area (Å²) in [6, 6.07) is 5.10. The molecule has 2 aliphatic heterocycles. The lowest BCUT2D eigenvalue weighted by Gasteiger charge is -2.22. The van der Waals surface area contributed by atoms with Gasteiger partial charge in [0.2, 0.25) is 5.91 Å². The number of ether oxygens (including phenoxy) is 3. The molecule has 31 heavy (non-hydrogen) atoms. The van der Waals surface area contributed by atoms with Crippen molar-refractivity contribution in [1.82, 2.24) is 9.88 Å². The van der Waals surface area contributed by atoms with Crippen LogP contribution >= 0.6 is 11.3 Å². The molecule has 4 rings (SSSR count). The van der Waals surface area contributed by atoms with Crippen LogP contribution in [-0.2, 0) is 20.7 Å². The molecule has 1 N–H and O–H groups in total. The third-order valence-electron chi connectivity index (χ3n) is 4.70. The summed E-state index contributed by atoms with van der Waals surface area (Å²) in [5, 5.41) is 4.74. The monoisotopic (exact) mass is 446 g/mol. The van der Waals surface area contributed by atoms with Gasteiger partial charge in [0.25, 0.3) is 0 Å². The predicted molar refractivity (Wildman–Crippen MR) is 113 cm³/mol. The van der Waals surface area contributed by atoms with Gasteiger partial charge >= 0.3 is 12.0 Å². The van der Waals surface area contributed by atoms with Crippen molar-refractivity contribution in [3.63, 3.8) is 0 Å². The second-order valence-corrected chi connectivity index (χ2v) is 7.72. The third-order valence-corrected chi connectivity index (χ3v) is 5.50. The Hall–Kier alpha value is -3.34. The second-order valence-electron chi connectivity index (χ2n) is 6.86. The highest BCUT2D eigenvalue weighted by Gasteiger charge is 2.31. The quantitative estimate of drug-likeness (QED) is 0.647. The fourth-order valence-electron chi connectivity index (χ4n) is 3.31. The highest BCUT2D eigenvalue weighted by molar-refractivity contribution is 7.13. The zero-order valence-electron chi connectivity index (χ0n) is 17.0. The number of nitrogens with one attached hydrogen (secondary N) is 1. The van der Waals surface area contributed by atoms with Crippen molar-refractivity contribution in [2.45, 2.75) is 13.3 Å². The van der Waals surface area contributed by atoms with Crippen molar-refractivity contribution in [1.29, 1.82) is 0 Å². The number of carbonyl (C=O) groups is 3. The Morgan fingerprint density at radius 2 is 2.03 bits per heavy atom. The molecule has 2 aromatic rings. The first-order valence-electron chi connectivity index (χ1n) is 9.89. The van der Waals surface area contributed by atoms with E-state index in [4.69, 9.17) is 14.2 Å². The smallest absolute Gasteiger partial charge is 0.325 e. The van der Waals surface area contributed by atoms with Crippen LogP contribution in [0.1, 0.15) is 12.6 Å². The molecule has 0 bridgehead atoms. The average Bonchev–Trinajstić information content (AvgIpc) is 3.34. The Morgan fingerprint density at radius 1 is 1.23 bits per heavy atom.